The molecule has 4 heterocycles. The number of hydrogen-bond donors (Lipinski definition) is 4. The summed E-state index contributed by atoms with van der Waals surface area (Å²) >= 11 is 0. The van der Waals surface area contributed by atoms with Crippen molar-refractivity contribution < 1.29 is 39.1 Å². The molecule has 11 nitrogen and oxygen atoms in total. The number of fused-ring (bicyclic) bond motifs is 1. The second-order valence-electron chi connectivity index (χ2n) is 13.8. The molecule has 5 N–H and O–H groups in total. The Balaban J connectivity index is 1.85. The molecule has 0 saturated carbocycles. The van der Waals surface area contributed by atoms with Crippen LogP contribution in [0.5, 0.6) is 0 Å². The van der Waals surface area contributed by atoms with Gasteiger partial charge >= 0.3 is 5.97 Å². The molecule has 2 saturated heterocycles. The average molecular weight is 596 g/mol. The van der Waals surface area contributed by atoms with Crippen LogP contribution in [0.15, 0.2) is 16.6 Å². The predicted octanol–water partition coefficient (Wildman–Crippen LogP) is 2.11. The number of aliphatic hydroxyl groups excluding tert-OH is 2. The molecule has 0 aromatic carbocycles. The number of aliphatic imine (C=N–C) groups is 1. The van der Waals surface area contributed by atoms with Gasteiger partial charge in [-0.3, -0.25) is 4.79 Å². The highest BCUT2D eigenvalue weighted by atomic mass is 16.7. The predicted molar refractivity (Wildman–Crippen MR) is 157 cm³/mol. The molecule has 0 radical (unpaired) electrons. The number of carbonyl (C=O) groups excluding carboxylic acids is 1. The van der Waals surface area contributed by atoms with Crippen LogP contribution in [-0.4, -0.2) is 106 Å². The number of nitrogens with zero attached hydrogens (tertiary/aromatic N) is 2. The van der Waals surface area contributed by atoms with Crippen molar-refractivity contribution in [3.05, 3.63) is 11.6 Å². The highest BCUT2D eigenvalue weighted by molar-refractivity contribution is 5.82. The molecule has 2 bridgehead atoms. The summed E-state index contributed by atoms with van der Waals surface area (Å²) in [6, 6.07) is -0.198. The summed E-state index contributed by atoms with van der Waals surface area (Å²) in [6.07, 6.45) is -0.762. The Hall–Kier alpha value is -1.60. The van der Waals surface area contributed by atoms with Crippen molar-refractivity contribution in [2.24, 2.45) is 28.5 Å². The molecular weight excluding hydrogens is 542 g/mol. The molecule has 0 aliphatic carbocycles. The first kappa shape index (κ1) is 33.3. The Morgan fingerprint density at radius 1 is 1.14 bits per heavy atom. The zero-order valence-corrected chi connectivity index (χ0v) is 26.7. The molecule has 4 rings (SSSR count). The number of amidine groups is 1. The van der Waals surface area contributed by atoms with Crippen LogP contribution in [0, 0.1) is 17.8 Å². The quantitative estimate of drug-likeness (QED) is 0.280. The highest BCUT2D eigenvalue weighted by Crippen LogP contribution is 2.54. The summed E-state index contributed by atoms with van der Waals surface area (Å²) in [5.41, 5.74) is 3.35. The number of ether oxygens (including phenoxy) is 4. The average Bonchev–Trinajstić information content (AvgIpc) is 3.16. The van der Waals surface area contributed by atoms with Gasteiger partial charge in [-0.2, -0.15) is 0 Å². The van der Waals surface area contributed by atoms with Crippen LogP contribution in [-0.2, 0) is 23.7 Å². The molecule has 0 amide bonds. The second-order valence-corrected chi connectivity index (χ2v) is 13.8. The third-order valence-corrected chi connectivity index (χ3v) is 10.00. The molecule has 240 valence electrons. The van der Waals surface area contributed by atoms with Crippen LogP contribution in [0.3, 0.4) is 0 Å². The van der Waals surface area contributed by atoms with E-state index in [2.05, 4.69) is 0 Å². The van der Waals surface area contributed by atoms with E-state index in [0.717, 1.165) is 5.57 Å². The lowest BCUT2D eigenvalue weighted by Crippen LogP contribution is -2.59. The fourth-order valence-corrected chi connectivity index (χ4v) is 7.60. The Morgan fingerprint density at radius 2 is 1.81 bits per heavy atom. The first-order valence-electron chi connectivity index (χ1n) is 15.5. The van der Waals surface area contributed by atoms with Gasteiger partial charge in [-0.05, 0) is 79.1 Å². The van der Waals surface area contributed by atoms with Gasteiger partial charge in [-0.15, -0.1) is 0 Å². The molecule has 4 aliphatic rings. The SMILES string of the molecule is CC[C@H]1OC(=O)[C@H](C)[C@@H](O)[C@H](C)[C@@H](O[C@@H]2O[C@H](C)C[C@H](N(C)C)[C@H]2O)[C@@]2(C)CC(C)C3(N=C(N)CCC3=C[C@]1(C)O)O2. The summed E-state index contributed by atoms with van der Waals surface area (Å²) < 4.78 is 25.7. The van der Waals surface area contributed by atoms with Gasteiger partial charge in [0.1, 0.15) is 17.8 Å². The van der Waals surface area contributed by atoms with Crippen LogP contribution >= 0.6 is 0 Å². The van der Waals surface area contributed by atoms with E-state index >= 15 is 0 Å². The number of cyclic esters (lactones) is 1. The standard InChI is InChI=1S/C31H53N3O8/c1-10-22-29(6,38)15-20-11-12-23(32)33-31(20)16(2)14-30(7,42-31)26(18(4)24(35)19(5)27(37)40-22)41-28-25(36)21(34(8)9)13-17(3)39-28/h15-19,21-22,24-26,28,35-36,38H,10-14H2,1-9H3,(H2,32,33)/t16?,17-,18+,19-,21+,22-,24+,25-,26-,28+,29+,30-,31?/m1/s1. The van der Waals surface area contributed by atoms with Gasteiger partial charge in [0.15, 0.2) is 12.0 Å². The van der Waals surface area contributed by atoms with E-state index in [1.54, 1.807) is 19.9 Å². The third-order valence-electron chi connectivity index (χ3n) is 10.00. The fourth-order valence-electron chi connectivity index (χ4n) is 7.60. The molecule has 0 aromatic rings. The summed E-state index contributed by atoms with van der Waals surface area (Å²) in [5, 5.41) is 34.6. The third kappa shape index (κ3) is 6.03. The fraction of sp³-hybridized carbons (Fsp3) is 0.871. The van der Waals surface area contributed by atoms with Gasteiger partial charge in [0.05, 0.1) is 35.7 Å². The minimum Gasteiger partial charge on any atom is -0.459 e. The van der Waals surface area contributed by atoms with Crippen LogP contribution in [0.2, 0.25) is 0 Å². The smallest absolute Gasteiger partial charge is 0.311 e. The van der Waals surface area contributed by atoms with E-state index < -0.39 is 65.4 Å². The van der Waals surface area contributed by atoms with E-state index in [0.29, 0.717) is 37.9 Å². The van der Waals surface area contributed by atoms with Gasteiger partial charge in [-0.1, -0.05) is 20.8 Å². The summed E-state index contributed by atoms with van der Waals surface area (Å²) in [4.78, 5) is 20.2. The van der Waals surface area contributed by atoms with Gasteiger partial charge in [0.2, 0.25) is 0 Å². The molecule has 2 fully saturated rings. The van der Waals surface area contributed by atoms with Crippen molar-refractivity contribution in [1.82, 2.24) is 4.90 Å². The van der Waals surface area contributed by atoms with E-state index in [9.17, 15) is 20.1 Å². The van der Waals surface area contributed by atoms with E-state index in [1.165, 1.54) is 0 Å². The maximum absolute atomic E-state index is 13.4. The number of hydrogen-bond acceptors (Lipinski definition) is 11. The molecule has 2 unspecified atom stereocenters. The number of rotatable bonds is 4. The summed E-state index contributed by atoms with van der Waals surface area (Å²) in [7, 11) is 3.82. The van der Waals surface area contributed by atoms with Crippen molar-refractivity contribution >= 4 is 11.8 Å². The zero-order valence-electron chi connectivity index (χ0n) is 26.7. The van der Waals surface area contributed by atoms with E-state index in [1.807, 2.05) is 53.6 Å². The first-order chi connectivity index (χ1) is 19.5. The van der Waals surface area contributed by atoms with E-state index in [-0.39, 0.29) is 18.1 Å². The number of likely N-dealkylation sites (N-methyl/N-ethyl adjacent to an activating group) is 1. The minimum absolute atomic E-state index is 0.174. The first-order valence-corrected chi connectivity index (χ1v) is 15.5. The van der Waals surface area contributed by atoms with Crippen molar-refractivity contribution in [3.8, 4) is 0 Å². The number of nitrogens with two attached hydrogens (primary N) is 1. The Labute approximate surface area is 250 Å². The largest absolute Gasteiger partial charge is 0.459 e. The van der Waals surface area contributed by atoms with Gasteiger partial charge in [0.25, 0.3) is 0 Å². The number of carbonyl (C=O) groups is 1. The van der Waals surface area contributed by atoms with Crippen molar-refractivity contribution in [2.45, 2.75) is 140 Å². The number of aliphatic hydroxyl groups is 3. The Kier molecular flexibility index (Phi) is 9.56. The molecular formula is C31H53N3O8. The summed E-state index contributed by atoms with van der Waals surface area (Å²) in [5.74, 6) is -1.91. The normalized spacial score (nSPS) is 48.7. The summed E-state index contributed by atoms with van der Waals surface area (Å²) in [6.45, 7) is 12.8. The van der Waals surface area contributed by atoms with Crippen molar-refractivity contribution in [3.63, 3.8) is 0 Å². The number of esters is 1. The maximum atomic E-state index is 13.4. The van der Waals surface area contributed by atoms with Crippen LogP contribution in [0.25, 0.3) is 0 Å². The lowest BCUT2D eigenvalue weighted by Gasteiger charge is -2.47. The van der Waals surface area contributed by atoms with Crippen molar-refractivity contribution in [2.75, 3.05) is 14.1 Å². The highest BCUT2D eigenvalue weighted by Gasteiger charge is 2.61. The van der Waals surface area contributed by atoms with Crippen LogP contribution < -0.4 is 5.73 Å². The Morgan fingerprint density at radius 3 is 2.43 bits per heavy atom. The lowest BCUT2D eigenvalue weighted by atomic mass is 9.77. The zero-order chi connectivity index (χ0) is 31.4. The van der Waals surface area contributed by atoms with E-state index in [4.69, 9.17) is 29.7 Å². The topological polar surface area (TPSA) is 156 Å². The minimum atomic E-state index is -1.52. The molecule has 42 heavy (non-hydrogen) atoms. The van der Waals surface area contributed by atoms with Crippen LogP contribution in [0.1, 0.15) is 80.6 Å². The van der Waals surface area contributed by atoms with Gasteiger partial charge in [-0.25, -0.2) is 4.99 Å². The van der Waals surface area contributed by atoms with Gasteiger partial charge in [0, 0.05) is 24.3 Å². The van der Waals surface area contributed by atoms with Gasteiger partial charge < -0.3 is 44.9 Å². The Bertz CT molecular complexity index is 1060. The molecule has 11 heteroatoms. The van der Waals surface area contributed by atoms with Crippen molar-refractivity contribution in [1.29, 1.82) is 0 Å². The molecule has 4 aliphatic heterocycles. The molecule has 0 aromatic heterocycles. The second kappa shape index (κ2) is 12.1. The lowest BCUT2D eigenvalue weighted by molar-refractivity contribution is -0.302. The molecule has 13 atom stereocenters. The van der Waals surface area contributed by atoms with Crippen LogP contribution in [0.4, 0.5) is 0 Å². The maximum Gasteiger partial charge on any atom is 0.311 e. The monoisotopic (exact) mass is 595 g/mol. The molecule has 1 spiro atoms.